The highest BCUT2D eigenvalue weighted by Crippen LogP contribution is 2.40. The van der Waals surface area contributed by atoms with Crippen molar-refractivity contribution >= 4 is 0 Å². The third kappa shape index (κ3) is 2.91. The molecule has 0 aromatic carbocycles. The van der Waals surface area contributed by atoms with Crippen LogP contribution in [0.1, 0.15) is 59.3 Å². The maximum Gasteiger partial charge on any atom is 0.0336 e. The molecule has 2 saturated carbocycles. The van der Waals surface area contributed by atoms with Crippen molar-refractivity contribution in [1.82, 2.24) is 4.90 Å². The van der Waals surface area contributed by atoms with Crippen LogP contribution in [-0.2, 0) is 0 Å². The molecule has 2 aliphatic rings. The van der Waals surface area contributed by atoms with Crippen molar-refractivity contribution in [1.29, 1.82) is 0 Å². The fraction of sp³-hybridized carbons (Fsp3) is 1.00. The highest BCUT2D eigenvalue weighted by Gasteiger charge is 2.41. The third-order valence-electron chi connectivity index (χ3n) is 5.40. The van der Waals surface area contributed by atoms with Gasteiger partial charge < -0.3 is 5.73 Å². The van der Waals surface area contributed by atoms with Crippen LogP contribution in [0.5, 0.6) is 0 Å². The van der Waals surface area contributed by atoms with Crippen molar-refractivity contribution in [2.45, 2.75) is 64.8 Å². The lowest BCUT2D eigenvalue weighted by Crippen LogP contribution is -2.58. The van der Waals surface area contributed by atoms with E-state index in [1.165, 1.54) is 51.6 Å². The van der Waals surface area contributed by atoms with Gasteiger partial charge in [-0.2, -0.15) is 0 Å². The molecule has 0 aliphatic heterocycles. The van der Waals surface area contributed by atoms with E-state index >= 15 is 0 Å². The Bertz CT molecular complexity index is 250. The van der Waals surface area contributed by atoms with Crippen molar-refractivity contribution in [3.63, 3.8) is 0 Å². The molecule has 0 aromatic rings. The fourth-order valence-electron chi connectivity index (χ4n) is 4.43. The van der Waals surface area contributed by atoms with Gasteiger partial charge in [0.25, 0.3) is 0 Å². The average molecular weight is 252 g/mol. The Morgan fingerprint density at radius 2 is 1.78 bits per heavy atom. The predicted octanol–water partition coefficient (Wildman–Crippen LogP) is 3.26. The molecule has 18 heavy (non-hydrogen) atoms. The number of nitrogens with two attached hydrogens (primary N) is 1. The van der Waals surface area contributed by atoms with Crippen molar-refractivity contribution in [2.24, 2.45) is 23.5 Å². The number of nitrogens with zero attached hydrogens (tertiary/aromatic N) is 1. The van der Waals surface area contributed by atoms with Crippen LogP contribution in [0, 0.1) is 17.8 Å². The topological polar surface area (TPSA) is 29.3 Å². The van der Waals surface area contributed by atoms with Crippen LogP contribution in [0.4, 0.5) is 0 Å². The van der Waals surface area contributed by atoms with Crippen molar-refractivity contribution in [3.8, 4) is 0 Å². The van der Waals surface area contributed by atoms with Gasteiger partial charge in [0, 0.05) is 18.6 Å². The Kier molecular flexibility index (Phi) is 4.71. The highest BCUT2D eigenvalue weighted by atomic mass is 15.2. The highest BCUT2D eigenvalue weighted by molar-refractivity contribution is 4.98. The lowest BCUT2D eigenvalue weighted by Gasteiger charge is -2.51. The number of likely N-dealkylation sites (N-methyl/N-ethyl adjacent to an activating group) is 1. The van der Waals surface area contributed by atoms with Gasteiger partial charge in [-0.3, -0.25) is 4.90 Å². The van der Waals surface area contributed by atoms with E-state index in [0.29, 0.717) is 5.54 Å². The standard InChI is InChI=1S/C16H32N2/c1-4-18(11-15-6-5-7-15)16(12-17)9-13(2)8-14(3)10-16/h13-15H,4-12,17H2,1-3H3. The molecule has 0 amide bonds. The molecule has 106 valence electrons. The van der Waals surface area contributed by atoms with Gasteiger partial charge in [0.2, 0.25) is 0 Å². The molecule has 2 rings (SSSR count). The zero-order chi connectivity index (χ0) is 13.2. The molecule has 0 spiro atoms. The van der Waals surface area contributed by atoms with Crippen LogP contribution >= 0.6 is 0 Å². The van der Waals surface area contributed by atoms with E-state index in [2.05, 4.69) is 25.7 Å². The zero-order valence-corrected chi connectivity index (χ0v) is 12.6. The monoisotopic (exact) mass is 252 g/mol. The van der Waals surface area contributed by atoms with Crippen LogP contribution in [0.15, 0.2) is 0 Å². The Morgan fingerprint density at radius 1 is 1.17 bits per heavy atom. The van der Waals surface area contributed by atoms with Gasteiger partial charge in [-0.1, -0.05) is 27.2 Å². The van der Waals surface area contributed by atoms with Crippen LogP contribution in [-0.4, -0.2) is 30.1 Å². The Balaban J connectivity index is 2.06. The number of rotatable bonds is 5. The first kappa shape index (κ1) is 14.3. The molecule has 0 bridgehead atoms. The van der Waals surface area contributed by atoms with E-state index in [9.17, 15) is 0 Å². The van der Waals surface area contributed by atoms with E-state index in [0.717, 1.165) is 24.3 Å². The van der Waals surface area contributed by atoms with Crippen molar-refractivity contribution in [2.75, 3.05) is 19.6 Å². The smallest absolute Gasteiger partial charge is 0.0336 e. The summed E-state index contributed by atoms with van der Waals surface area (Å²) >= 11 is 0. The number of hydrogen-bond donors (Lipinski definition) is 1. The molecule has 2 unspecified atom stereocenters. The van der Waals surface area contributed by atoms with Crippen LogP contribution < -0.4 is 5.73 Å². The first-order valence-corrected chi connectivity index (χ1v) is 8.04. The molecule has 2 nitrogen and oxygen atoms in total. The maximum atomic E-state index is 6.23. The van der Waals surface area contributed by atoms with Gasteiger partial charge in [0.05, 0.1) is 0 Å². The summed E-state index contributed by atoms with van der Waals surface area (Å²) in [5.74, 6) is 2.64. The second kappa shape index (κ2) is 5.92. The summed E-state index contributed by atoms with van der Waals surface area (Å²) in [4.78, 5) is 2.74. The summed E-state index contributed by atoms with van der Waals surface area (Å²) in [7, 11) is 0. The first-order chi connectivity index (χ1) is 8.59. The van der Waals surface area contributed by atoms with Gasteiger partial charge >= 0.3 is 0 Å². The molecule has 2 N–H and O–H groups in total. The molecular weight excluding hydrogens is 220 g/mol. The summed E-state index contributed by atoms with van der Waals surface area (Å²) in [5.41, 5.74) is 6.54. The van der Waals surface area contributed by atoms with E-state index in [-0.39, 0.29) is 0 Å². The summed E-state index contributed by atoms with van der Waals surface area (Å²) in [5, 5.41) is 0. The minimum Gasteiger partial charge on any atom is -0.329 e. The van der Waals surface area contributed by atoms with Crippen molar-refractivity contribution < 1.29 is 0 Å². The summed E-state index contributed by atoms with van der Waals surface area (Å²) in [6.07, 6.45) is 8.36. The predicted molar refractivity (Wildman–Crippen MR) is 78.6 cm³/mol. The van der Waals surface area contributed by atoms with Gasteiger partial charge in [0.1, 0.15) is 0 Å². The Morgan fingerprint density at radius 3 is 2.17 bits per heavy atom. The fourth-order valence-corrected chi connectivity index (χ4v) is 4.43. The van der Waals surface area contributed by atoms with E-state index < -0.39 is 0 Å². The van der Waals surface area contributed by atoms with E-state index in [1.807, 2.05) is 0 Å². The van der Waals surface area contributed by atoms with Gasteiger partial charge in [-0.15, -0.1) is 0 Å². The minimum atomic E-state index is 0.307. The Labute approximate surface area is 113 Å². The largest absolute Gasteiger partial charge is 0.329 e. The zero-order valence-electron chi connectivity index (χ0n) is 12.6. The van der Waals surface area contributed by atoms with Gasteiger partial charge in [-0.25, -0.2) is 0 Å². The molecule has 0 aromatic heterocycles. The number of hydrogen-bond acceptors (Lipinski definition) is 2. The molecule has 0 saturated heterocycles. The van der Waals surface area contributed by atoms with Gasteiger partial charge in [-0.05, 0) is 56.4 Å². The lowest BCUT2D eigenvalue weighted by atomic mass is 9.70. The second-order valence-corrected chi connectivity index (χ2v) is 7.12. The lowest BCUT2D eigenvalue weighted by molar-refractivity contribution is 0.00361. The molecule has 0 heterocycles. The van der Waals surface area contributed by atoms with Crippen LogP contribution in [0.3, 0.4) is 0 Å². The quantitative estimate of drug-likeness (QED) is 0.814. The molecular formula is C16H32N2. The third-order valence-corrected chi connectivity index (χ3v) is 5.40. The SMILES string of the molecule is CCN(CC1CCC1)C1(CN)CC(C)CC(C)C1. The molecule has 2 atom stereocenters. The summed E-state index contributed by atoms with van der Waals surface area (Å²) < 4.78 is 0. The summed E-state index contributed by atoms with van der Waals surface area (Å²) in [6, 6.07) is 0. The van der Waals surface area contributed by atoms with Crippen LogP contribution in [0.25, 0.3) is 0 Å². The van der Waals surface area contributed by atoms with Crippen molar-refractivity contribution in [3.05, 3.63) is 0 Å². The molecule has 2 fully saturated rings. The minimum absolute atomic E-state index is 0.307. The molecule has 0 radical (unpaired) electrons. The maximum absolute atomic E-state index is 6.23. The molecule has 2 aliphatic carbocycles. The van der Waals surface area contributed by atoms with E-state index in [1.54, 1.807) is 0 Å². The molecule has 2 heteroatoms. The van der Waals surface area contributed by atoms with Crippen LogP contribution in [0.2, 0.25) is 0 Å². The van der Waals surface area contributed by atoms with E-state index in [4.69, 9.17) is 5.73 Å². The first-order valence-electron chi connectivity index (χ1n) is 8.04. The Hall–Kier alpha value is -0.0800. The summed E-state index contributed by atoms with van der Waals surface area (Å²) in [6.45, 7) is 10.5. The average Bonchev–Trinajstić information content (AvgIpc) is 2.26. The van der Waals surface area contributed by atoms with Gasteiger partial charge in [0.15, 0.2) is 0 Å². The second-order valence-electron chi connectivity index (χ2n) is 7.12. The normalized spacial score (nSPS) is 37.8.